The van der Waals surface area contributed by atoms with E-state index in [1.807, 2.05) is 43.3 Å². The van der Waals surface area contributed by atoms with Crippen LogP contribution in [-0.2, 0) is 31.9 Å². The third-order valence-electron chi connectivity index (χ3n) is 6.48. The van der Waals surface area contributed by atoms with E-state index in [9.17, 15) is 14.4 Å². The summed E-state index contributed by atoms with van der Waals surface area (Å²) >= 11 is 11.7. The number of nitrogens with one attached hydrogen (secondary N) is 3. The minimum atomic E-state index is -0.582. The summed E-state index contributed by atoms with van der Waals surface area (Å²) in [6.07, 6.45) is 3.02. The second-order valence-electron chi connectivity index (χ2n) is 11.3. The Balaban J connectivity index is 0.000000314. The monoisotopic (exact) mass is 607 g/mol. The molecule has 41 heavy (non-hydrogen) atoms. The first kappa shape index (κ1) is 34.4. The maximum absolute atomic E-state index is 12.1. The molecule has 2 amide bonds. The first-order chi connectivity index (χ1) is 19.3. The quantitative estimate of drug-likeness (QED) is 0.315. The van der Waals surface area contributed by atoms with Crippen molar-refractivity contribution in [1.82, 2.24) is 16.0 Å². The fraction of sp³-hybridized carbons (Fsp3) is 0.516. The van der Waals surface area contributed by atoms with E-state index in [1.54, 1.807) is 39.8 Å². The first-order valence-corrected chi connectivity index (χ1v) is 14.6. The predicted molar refractivity (Wildman–Crippen MR) is 163 cm³/mol. The molecule has 1 unspecified atom stereocenters. The summed E-state index contributed by atoms with van der Waals surface area (Å²) in [4.78, 5) is 35.1. The van der Waals surface area contributed by atoms with Crippen LogP contribution in [0.15, 0.2) is 48.5 Å². The molecule has 0 aromatic heterocycles. The summed E-state index contributed by atoms with van der Waals surface area (Å²) in [5.41, 5.74) is 1.66. The highest BCUT2D eigenvalue weighted by Gasteiger charge is 2.24. The fourth-order valence-corrected chi connectivity index (χ4v) is 4.44. The Bertz CT molecular complexity index is 1120. The van der Waals surface area contributed by atoms with E-state index >= 15 is 0 Å². The first-order valence-electron chi connectivity index (χ1n) is 13.9. The van der Waals surface area contributed by atoms with E-state index in [-0.39, 0.29) is 29.9 Å². The number of ether oxygens (including phenoxy) is 2. The number of hydrogen-bond donors (Lipinski definition) is 3. The molecule has 0 radical (unpaired) electrons. The van der Waals surface area contributed by atoms with E-state index in [0.717, 1.165) is 29.8 Å². The second-order valence-corrected chi connectivity index (χ2v) is 12.2. The van der Waals surface area contributed by atoms with Gasteiger partial charge in [0.05, 0.1) is 7.11 Å². The van der Waals surface area contributed by atoms with Crippen LogP contribution in [0.4, 0.5) is 4.79 Å². The van der Waals surface area contributed by atoms with Gasteiger partial charge in [0.15, 0.2) is 0 Å². The molecule has 0 saturated carbocycles. The largest absolute Gasteiger partial charge is 0.468 e. The van der Waals surface area contributed by atoms with Crippen LogP contribution in [0.1, 0.15) is 58.6 Å². The zero-order valence-electron chi connectivity index (χ0n) is 24.8. The van der Waals surface area contributed by atoms with Crippen LogP contribution in [-0.4, -0.2) is 55.4 Å². The molecule has 1 fully saturated rings. The van der Waals surface area contributed by atoms with Crippen LogP contribution in [0.25, 0.3) is 0 Å². The molecule has 1 heterocycles. The average Bonchev–Trinajstić information content (AvgIpc) is 2.90. The molecule has 2 aromatic carbocycles. The maximum Gasteiger partial charge on any atom is 0.407 e. The minimum absolute atomic E-state index is 0.168. The zero-order valence-corrected chi connectivity index (χ0v) is 26.3. The van der Waals surface area contributed by atoms with Gasteiger partial charge in [-0.15, -0.1) is 0 Å². The molecule has 1 saturated heterocycles. The van der Waals surface area contributed by atoms with Gasteiger partial charge in [-0.05, 0) is 88.8 Å². The number of halogens is 2. The fourth-order valence-electron chi connectivity index (χ4n) is 4.19. The third kappa shape index (κ3) is 13.6. The zero-order chi connectivity index (χ0) is 30.6. The van der Waals surface area contributed by atoms with Gasteiger partial charge in [0.1, 0.15) is 11.6 Å². The van der Waals surface area contributed by atoms with Crippen molar-refractivity contribution in [2.24, 2.45) is 5.92 Å². The Kier molecular flexibility index (Phi) is 13.9. The molecular formula is C31H43Cl2N3O5. The van der Waals surface area contributed by atoms with E-state index in [2.05, 4.69) is 16.0 Å². The summed E-state index contributed by atoms with van der Waals surface area (Å²) in [5, 5.41) is 10.4. The summed E-state index contributed by atoms with van der Waals surface area (Å²) < 4.78 is 10.0. The molecular weight excluding hydrogens is 565 g/mol. The van der Waals surface area contributed by atoms with Crippen molar-refractivity contribution in [3.8, 4) is 0 Å². The van der Waals surface area contributed by atoms with Gasteiger partial charge < -0.3 is 25.4 Å². The van der Waals surface area contributed by atoms with Gasteiger partial charge in [0, 0.05) is 34.6 Å². The molecule has 0 aliphatic carbocycles. The number of methoxy groups -OCH3 is 1. The Hall–Kier alpha value is -2.81. The molecule has 4 atom stereocenters. The molecule has 3 rings (SSSR count). The highest BCUT2D eigenvalue weighted by molar-refractivity contribution is 6.30. The van der Waals surface area contributed by atoms with Crippen LogP contribution in [0.2, 0.25) is 10.0 Å². The topological polar surface area (TPSA) is 106 Å². The molecule has 8 nitrogen and oxygen atoms in total. The van der Waals surface area contributed by atoms with Gasteiger partial charge in [-0.1, -0.05) is 54.4 Å². The lowest BCUT2D eigenvalue weighted by atomic mass is 9.92. The molecule has 2 aromatic rings. The lowest BCUT2D eigenvalue weighted by molar-refractivity contribution is -0.142. The average molecular weight is 609 g/mol. The number of hydrogen-bond acceptors (Lipinski definition) is 6. The van der Waals surface area contributed by atoms with Gasteiger partial charge >= 0.3 is 12.1 Å². The van der Waals surface area contributed by atoms with Gasteiger partial charge in [-0.25, -0.2) is 4.79 Å². The molecule has 3 N–H and O–H groups in total. The number of benzene rings is 2. The van der Waals surface area contributed by atoms with Crippen LogP contribution >= 0.6 is 23.2 Å². The molecule has 0 spiro atoms. The van der Waals surface area contributed by atoms with Gasteiger partial charge in [0.2, 0.25) is 5.91 Å². The van der Waals surface area contributed by atoms with Crippen LogP contribution in [0, 0.1) is 5.92 Å². The van der Waals surface area contributed by atoms with Gasteiger partial charge in [-0.2, -0.15) is 0 Å². The molecule has 10 heteroatoms. The summed E-state index contributed by atoms with van der Waals surface area (Å²) in [6, 6.07) is 14.8. The van der Waals surface area contributed by atoms with Crippen molar-refractivity contribution in [2.45, 2.75) is 84.0 Å². The Labute approximate surface area is 253 Å². The summed E-state index contributed by atoms with van der Waals surface area (Å²) in [6.45, 7) is 9.49. The number of rotatable bonds is 9. The minimum Gasteiger partial charge on any atom is -0.468 e. The smallest absolute Gasteiger partial charge is 0.407 e. The van der Waals surface area contributed by atoms with Crippen molar-refractivity contribution in [2.75, 3.05) is 13.7 Å². The van der Waals surface area contributed by atoms with Crippen molar-refractivity contribution >= 4 is 41.2 Å². The van der Waals surface area contributed by atoms with Crippen molar-refractivity contribution in [3.63, 3.8) is 0 Å². The number of esters is 1. The van der Waals surface area contributed by atoms with Gasteiger partial charge in [0.25, 0.3) is 0 Å². The van der Waals surface area contributed by atoms with Crippen molar-refractivity contribution in [3.05, 3.63) is 69.7 Å². The van der Waals surface area contributed by atoms with E-state index in [0.29, 0.717) is 18.0 Å². The Morgan fingerprint density at radius 3 is 2.07 bits per heavy atom. The van der Waals surface area contributed by atoms with Crippen LogP contribution < -0.4 is 16.0 Å². The Morgan fingerprint density at radius 1 is 1.00 bits per heavy atom. The van der Waals surface area contributed by atoms with E-state index in [1.165, 1.54) is 12.7 Å². The molecule has 226 valence electrons. The number of carbonyl (C=O) groups is 3. The van der Waals surface area contributed by atoms with Crippen LogP contribution in [0.3, 0.4) is 0 Å². The molecule has 0 bridgehead atoms. The lowest BCUT2D eigenvalue weighted by Gasteiger charge is -2.27. The highest BCUT2D eigenvalue weighted by Crippen LogP contribution is 2.19. The van der Waals surface area contributed by atoms with Crippen LogP contribution in [0.5, 0.6) is 0 Å². The third-order valence-corrected chi connectivity index (χ3v) is 6.98. The van der Waals surface area contributed by atoms with E-state index in [4.69, 9.17) is 32.7 Å². The lowest BCUT2D eigenvalue weighted by Crippen LogP contribution is -2.48. The predicted octanol–water partition coefficient (Wildman–Crippen LogP) is 5.72. The summed E-state index contributed by atoms with van der Waals surface area (Å²) in [5.74, 6) is -0.00538. The second kappa shape index (κ2) is 16.6. The number of amides is 2. The SMILES string of the molecule is COC(=O)[C@H](C)NC[C@H](Cc1ccc(Cl)cc1)NC(=O)OC(C)(C)C.C[C@@H]1CCC(Cc2ccc(Cl)cc2)NC1=O. The summed E-state index contributed by atoms with van der Waals surface area (Å²) in [7, 11) is 1.34. The molecule has 1 aliphatic heterocycles. The Morgan fingerprint density at radius 2 is 1.56 bits per heavy atom. The maximum atomic E-state index is 12.1. The standard InChI is InChI=1S/C18H27ClN2O4.C13H16ClNO/c1-12(16(22)24-5)20-11-15(21-17(23)25-18(2,3)4)10-13-6-8-14(19)9-7-13;1-9-2-7-12(15-13(9)16)8-10-3-5-11(14)6-4-10/h6-9,12,15,20H,10-11H2,1-5H3,(H,21,23);3-6,9,12H,2,7-8H2,1H3,(H,15,16)/t12-,15-;9-,12?/m01/s1. The normalized spacial score (nSPS) is 18.2. The highest BCUT2D eigenvalue weighted by atomic mass is 35.5. The number of piperidine rings is 1. The van der Waals surface area contributed by atoms with E-state index < -0.39 is 17.7 Å². The van der Waals surface area contributed by atoms with Crippen molar-refractivity contribution in [1.29, 1.82) is 0 Å². The number of alkyl carbamates (subject to hydrolysis) is 1. The number of carbonyl (C=O) groups excluding carboxylic acids is 3. The molecule has 1 aliphatic rings. The van der Waals surface area contributed by atoms with Crippen molar-refractivity contribution < 1.29 is 23.9 Å². The van der Waals surface area contributed by atoms with Gasteiger partial charge in [-0.3, -0.25) is 9.59 Å².